The van der Waals surface area contributed by atoms with Crippen molar-refractivity contribution in [1.29, 1.82) is 0 Å². The number of carbonyl (C=O) groups is 1. The second-order valence-electron chi connectivity index (χ2n) is 5.95. The van der Waals surface area contributed by atoms with Gasteiger partial charge in [-0.15, -0.1) is 10.2 Å². The number of tetrazole rings is 1. The van der Waals surface area contributed by atoms with Crippen LogP contribution in [0.5, 0.6) is 0 Å². The summed E-state index contributed by atoms with van der Waals surface area (Å²) in [5, 5.41) is 15.3. The number of aromatic nitrogens is 4. The second-order valence-corrected chi connectivity index (χ2v) is 5.95. The Bertz CT molecular complexity index is 624. The van der Waals surface area contributed by atoms with E-state index in [2.05, 4.69) is 27.7 Å². The van der Waals surface area contributed by atoms with Crippen molar-refractivity contribution < 1.29 is 4.79 Å². The Kier molecular flexibility index (Phi) is 4.46. The van der Waals surface area contributed by atoms with Gasteiger partial charge in [0.25, 0.3) is 0 Å². The summed E-state index contributed by atoms with van der Waals surface area (Å²) in [6.07, 6.45) is 4.70. The summed E-state index contributed by atoms with van der Waals surface area (Å²) < 4.78 is 0. The van der Waals surface area contributed by atoms with E-state index < -0.39 is 0 Å². The summed E-state index contributed by atoms with van der Waals surface area (Å²) in [4.78, 5) is 13.5. The number of nitrogens with zero attached hydrogens (tertiary/aromatic N) is 4. The molecule has 0 saturated heterocycles. The van der Waals surface area contributed by atoms with Crippen LogP contribution in [0.2, 0.25) is 0 Å². The zero-order chi connectivity index (χ0) is 15.4. The average Bonchev–Trinajstić information content (AvgIpc) is 2.99. The summed E-state index contributed by atoms with van der Waals surface area (Å²) in [5.41, 5.74) is 0.898. The van der Waals surface area contributed by atoms with E-state index in [1.54, 1.807) is 0 Å². The third-order valence-corrected chi connectivity index (χ3v) is 4.23. The SMILES string of the molecule is C[C@@H]1CCCC[C@H]1NC(=O)Cn1nnc(-c2ccccc2)n1. The lowest BCUT2D eigenvalue weighted by Gasteiger charge is -2.29. The van der Waals surface area contributed by atoms with E-state index in [0.29, 0.717) is 11.7 Å². The van der Waals surface area contributed by atoms with E-state index in [9.17, 15) is 4.79 Å². The molecule has 1 fully saturated rings. The number of hydrogen-bond donors (Lipinski definition) is 1. The topological polar surface area (TPSA) is 72.7 Å². The van der Waals surface area contributed by atoms with E-state index >= 15 is 0 Å². The number of hydrogen-bond acceptors (Lipinski definition) is 4. The number of amides is 1. The molecule has 0 spiro atoms. The Morgan fingerprint density at radius 1 is 1.27 bits per heavy atom. The molecule has 116 valence electrons. The van der Waals surface area contributed by atoms with Gasteiger partial charge in [0.05, 0.1) is 0 Å². The summed E-state index contributed by atoms with van der Waals surface area (Å²) in [5.74, 6) is 1.04. The third kappa shape index (κ3) is 3.50. The predicted octanol–water partition coefficient (Wildman–Crippen LogP) is 2.04. The first-order valence-corrected chi connectivity index (χ1v) is 7.85. The number of rotatable bonds is 4. The molecule has 1 heterocycles. The number of nitrogens with one attached hydrogen (secondary N) is 1. The molecule has 1 amide bonds. The molecule has 1 N–H and O–H groups in total. The molecular formula is C16H21N5O. The monoisotopic (exact) mass is 299 g/mol. The van der Waals surface area contributed by atoms with E-state index in [-0.39, 0.29) is 18.5 Å². The first-order chi connectivity index (χ1) is 10.7. The number of carbonyl (C=O) groups excluding carboxylic acids is 1. The Morgan fingerprint density at radius 2 is 2.05 bits per heavy atom. The van der Waals surface area contributed by atoms with Crippen molar-refractivity contribution in [2.24, 2.45) is 5.92 Å². The van der Waals surface area contributed by atoms with Gasteiger partial charge < -0.3 is 5.32 Å². The molecule has 0 bridgehead atoms. The van der Waals surface area contributed by atoms with E-state index in [1.807, 2.05) is 30.3 Å². The molecule has 2 aromatic rings. The van der Waals surface area contributed by atoms with Crippen molar-refractivity contribution in [1.82, 2.24) is 25.5 Å². The van der Waals surface area contributed by atoms with Crippen molar-refractivity contribution in [3.63, 3.8) is 0 Å². The minimum atomic E-state index is -0.0456. The van der Waals surface area contributed by atoms with Crippen LogP contribution in [-0.4, -0.2) is 32.2 Å². The fourth-order valence-corrected chi connectivity index (χ4v) is 2.92. The van der Waals surface area contributed by atoms with Crippen molar-refractivity contribution in [2.45, 2.75) is 45.2 Å². The Balaban J connectivity index is 1.59. The lowest BCUT2D eigenvalue weighted by molar-refractivity contribution is -0.123. The van der Waals surface area contributed by atoms with Crippen molar-refractivity contribution in [2.75, 3.05) is 0 Å². The molecule has 1 aliphatic rings. The van der Waals surface area contributed by atoms with E-state index in [0.717, 1.165) is 12.0 Å². The minimum absolute atomic E-state index is 0.0456. The molecule has 6 heteroatoms. The number of benzene rings is 1. The van der Waals surface area contributed by atoms with Crippen LogP contribution in [0.4, 0.5) is 0 Å². The van der Waals surface area contributed by atoms with E-state index in [4.69, 9.17) is 0 Å². The maximum absolute atomic E-state index is 12.1. The standard InChI is InChI=1S/C16H21N5O/c1-12-7-5-6-10-14(12)17-15(22)11-21-19-16(18-20-21)13-8-3-2-4-9-13/h2-4,8-9,12,14H,5-7,10-11H2,1H3,(H,17,22)/t12-,14-/m1/s1. The summed E-state index contributed by atoms with van der Waals surface area (Å²) >= 11 is 0. The molecule has 1 aliphatic carbocycles. The van der Waals surface area contributed by atoms with Gasteiger partial charge in [0.2, 0.25) is 11.7 Å². The van der Waals surface area contributed by atoms with E-state index in [1.165, 1.54) is 24.1 Å². The smallest absolute Gasteiger partial charge is 0.243 e. The van der Waals surface area contributed by atoms with Crippen LogP contribution >= 0.6 is 0 Å². The van der Waals surface area contributed by atoms with Crippen LogP contribution in [0.25, 0.3) is 11.4 Å². The van der Waals surface area contributed by atoms with Crippen LogP contribution in [0.1, 0.15) is 32.6 Å². The predicted molar refractivity (Wildman–Crippen MR) is 82.8 cm³/mol. The Hall–Kier alpha value is -2.24. The van der Waals surface area contributed by atoms with Gasteiger partial charge >= 0.3 is 0 Å². The normalized spacial score (nSPS) is 21.5. The third-order valence-electron chi connectivity index (χ3n) is 4.23. The summed E-state index contributed by atoms with van der Waals surface area (Å²) in [7, 11) is 0. The van der Waals surface area contributed by atoms with Gasteiger partial charge in [0.15, 0.2) is 0 Å². The molecule has 0 unspecified atom stereocenters. The molecule has 2 atom stereocenters. The van der Waals surface area contributed by atoms with Gasteiger partial charge in [0.1, 0.15) is 6.54 Å². The molecule has 1 saturated carbocycles. The zero-order valence-corrected chi connectivity index (χ0v) is 12.8. The Labute approximate surface area is 129 Å². The fourth-order valence-electron chi connectivity index (χ4n) is 2.92. The molecule has 1 aromatic carbocycles. The van der Waals surface area contributed by atoms with Crippen molar-refractivity contribution >= 4 is 5.91 Å². The average molecular weight is 299 g/mol. The molecule has 3 rings (SSSR count). The summed E-state index contributed by atoms with van der Waals surface area (Å²) in [6.45, 7) is 2.31. The highest BCUT2D eigenvalue weighted by molar-refractivity contribution is 5.75. The van der Waals surface area contributed by atoms with Crippen molar-refractivity contribution in [3.05, 3.63) is 30.3 Å². The van der Waals surface area contributed by atoms with Crippen LogP contribution in [0.15, 0.2) is 30.3 Å². The second kappa shape index (κ2) is 6.68. The minimum Gasteiger partial charge on any atom is -0.351 e. The highest BCUT2D eigenvalue weighted by Gasteiger charge is 2.23. The Morgan fingerprint density at radius 3 is 2.82 bits per heavy atom. The van der Waals surface area contributed by atoms with Crippen LogP contribution in [0, 0.1) is 5.92 Å². The molecule has 1 aromatic heterocycles. The lowest BCUT2D eigenvalue weighted by atomic mass is 9.86. The van der Waals surface area contributed by atoms with Crippen molar-refractivity contribution in [3.8, 4) is 11.4 Å². The molecule has 22 heavy (non-hydrogen) atoms. The largest absolute Gasteiger partial charge is 0.351 e. The van der Waals surface area contributed by atoms with Gasteiger partial charge in [-0.2, -0.15) is 4.80 Å². The van der Waals surface area contributed by atoms with Gasteiger partial charge in [-0.05, 0) is 24.0 Å². The summed E-state index contributed by atoms with van der Waals surface area (Å²) in [6, 6.07) is 9.90. The lowest BCUT2D eigenvalue weighted by Crippen LogP contribution is -2.42. The molecule has 0 radical (unpaired) electrons. The quantitative estimate of drug-likeness (QED) is 0.937. The molecular weight excluding hydrogens is 278 g/mol. The first-order valence-electron chi connectivity index (χ1n) is 7.85. The van der Waals surface area contributed by atoms with Gasteiger partial charge in [0, 0.05) is 11.6 Å². The van der Waals surface area contributed by atoms with Gasteiger partial charge in [-0.25, -0.2) is 0 Å². The van der Waals surface area contributed by atoms with Gasteiger partial charge in [-0.1, -0.05) is 50.1 Å². The van der Waals surface area contributed by atoms with Crippen LogP contribution < -0.4 is 5.32 Å². The first kappa shape index (κ1) is 14.7. The maximum atomic E-state index is 12.1. The fraction of sp³-hybridized carbons (Fsp3) is 0.500. The van der Waals surface area contributed by atoms with Crippen LogP contribution in [-0.2, 0) is 11.3 Å². The highest BCUT2D eigenvalue weighted by atomic mass is 16.2. The molecule has 6 nitrogen and oxygen atoms in total. The van der Waals surface area contributed by atoms with Gasteiger partial charge in [-0.3, -0.25) is 4.79 Å². The molecule has 0 aliphatic heterocycles. The maximum Gasteiger partial charge on any atom is 0.243 e. The van der Waals surface area contributed by atoms with Crippen LogP contribution in [0.3, 0.4) is 0 Å². The highest BCUT2D eigenvalue weighted by Crippen LogP contribution is 2.23. The zero-order valence-electron chi connectivity index (χ0n) is 12.8.